The Balaban J connectivity index is 1.23. The number of hydrogen-bond donors (Lipinski definition) is 6. The average molecular weight is 657 g/mol. The van der Waals surface area contributed by atoms with Crippen molar-refractivity contribution in [1.29, 1.82) is 0 Å². The number of fused-ring (bicyclic) bond motifs is 2. The van der Waals surface area contributed by atoms with Gasteiger partial charge in [-0.25, -0.2) is 24.3 Å². The fraction of sp³-hybridized carbons (Fsp3) is 0.565. The molecular formula is C23H30FN10O8PS. The van der Waals surface area contributed by atoms with Gasteiger partial charge in [-0.2, -0.15) is 4.98 Å². The van der Waals surface area contributed by atoms with Gasteiger partial charge in [0.25, 0.3) is 5.56 Å². The van der Waals surface area contributed by atoms with Crippen molar-refractivity contribution >= 4 is 52.4 Å². The molecule has 238 valence electrons. The third-order valence-corrected chi connectivity index (χ3v) is 10.9. The Morgan fingerprint density at radius 3 is 2.59 bits per heavy atom. The fourth-order valence-corrected chi connectivity index (χ4v) is 8.16. The van der Waals surface area contributed by atoms with Gasteiger partial charge in [-0.1, -0.05) is 0 Å². The van der Waals surface area contributed by atoms with Crippen LogP contribution in [0.4, 0.5) is 16.2 Å². The van der Waals surface area contributed by atoms with Crippen LogP contribution in [-0.2, 0) is 30.5 Å². The van der Waals surface area contributed by atoms with Crippen LogP contribution in [0.3, 0.4) is 0 Å². The first-order chi connectivity index (χ1) is 20.9. The number of halogens is 1. The lowest BCUT2D eigenvalue weighted by molar-refractivity contribution is -0.101. The third kappa shape index (κ3) is 4.95. The Bertz CT molecular complexity index is 1810. The molecule has 2 fully saturated rings. The highest BCUT2D eigenvalue weighted by atomic mass is 32.5. The molecule has 8 N–H and O–H groups in total. The second-order valence-corrected chi connectivity index (χ2v) is 14.2. The number of aromatic nitrogens is 8. The summed E-state index contributed by atoms with van der Waals surface area (Å²) < 4.78 is 41.8. The molecule has 0 aromatic carbocycles. The topological polar surface area (TPSA) is 257 Å². The average Bonchev–Trinajstić information content (AvgIpc) is 3.72. The van der Waals surface area contributed by atoms with Crippen LogP contribution in [0.25, 0.3) is 22.3 Å². The zero-order chi connectivity index (χ0) is 31.6. The molecule has 2 saturated heterocycles. The summed E-state index contributed by atoms with van der Waals surface area (Å²) in [5.41, 5.74) is 8.78. The van der Waals surface area contributed by atoms with E-state index in [0.29, 0.717) is 11.2 Å². The van der Waals surface area contributed by atoms with Gasteiger partial charge in [0.1, 0.15) is 42.0 Å². The molecule has 0 radical (unpaired) electrons. The highest BCUT2D eigenvalue weighted by molar-refractivity contribution is 8.09. The number of aliphatic hydroxyl groups is 2. The molecular weight excluding hydrogens is 626 g/mol. The SMILES string of the molecule is CO[C@H]1[C@H](n2cnc3c(N)ncnc32)O[C@](C)(CCOP(O)(=S)[C@@H]2[C@@H](F)[C@@H](CO)O[C@H]2n2cnc3c(=O)[nH]c(N)nc32)[C@H]1O. The first kappa shape index (κ1) is 30.8. The predicted octanol–water partition coefficient (Wildman–Crippen LogP) is -0.908. The highest BCUT2D eigenvalue weighted by Gasteiger charge is 2.55. The number of aromatic amines is 1. The zero-order valence-corrected chi connectivity index (χ0v) is 25.0. The van der Waals surface area contributed by atoms with Crippen LogP contribution in [0.2, 0.25) is 0 Å². The van der Waals surface area contributed by atoms with E-state index in [1.54, 1.807) is 11.5 Å². The van der Waals surface area contributed by atoms with Crippen LogP contribution in [0.5, 0.6) is 0 Å². The molecule has 4 aromatic heterocycles. The molecule has 0 bridgehead atoms. The van der Waals surface area contributed by atoms with Crippen LogP contribution in [0.15, 0.2) is 23.8 Å². The van der Waals surface area contributed by atoms with E-state index >= 15 is 4.39 Å². The zero-order valence-electron chi connectivity index (χ0n) is 23.3. The van der Waals surface area contributed by atoms with Gasteiger partial charge in [0.15, 0.2) is 41.6 Å². The van der Waals surface area contributed by atoms with E-state index in [1.807, 2.05) is 0 Å². The summed E-state index contributed by atoms with van der Waals surface area (Å²) in [6.07, 6.45) is -3.67. The third-order valence-electron chi connectivity index (χ3n) is 7.99. The van der Waals surface area contributed by atoms with Gasteiger partial charge in [0.05, 0.1) is 31.5 Å². The van der Waals surface area contributed by atoms with Gasteiger partial charge in [-0.05, 0) is 18.7 Å². The quantitative estimate of drug-likeness (QED) is 0.119. The maximum absolute atomic E-state index is 15.7. The number of rotatable bonds is 9. The molecule has 4 aromatic rings. The van der Waals surface area contributed by atoms with Crippen molar-refractivity contribution in [2.45, 2.75) is 61.5 Å². The van der Waals surface area contributed by atoms with Crippen LogP contribution in [0.1, 0.15) is 25.8 Å². The van der Waals surface area contributed by atoms with Gasteiger partial charge in [0, 0.05) is 13.5 Å². The molecule has 0 aliphatic carbocycles. The lowest BCUT2D eigenvalue weighted by Gasteiger charge is -2.31. The number of aliphatic hydroxyl groups excluding tert-OH is 2. The number of nitrogens with two attached hydrogens (primary N) is 2. The summed E-state index contributed by atoms with van der Waals surface area (Å²) in [5, 5.41) is 21.0. The maximum atomic E-state index is 15.7. The van der Waals surface area contributed by atoms with Crippen LogP contribution in [0, 0.1) is 0 Å². The Kier molecular flexibility index (Phi) is 7.92. The number of imidazole rings is 2. The lowest BCUT2D eigenvalue weighted by Crippen LogP contribution is -2.42. The molecule has 2 aliphatic heterocycles. The Hall–Kier alpha value is -3.20. The van der Waals surface area contributed by atoms with Crippen molar-refractivity contribution in [3.05, 3.63) is 29.3 Å². The monoisotopic (exact) mass is 656 g/mol. The Morgan fingerprint density at radius 2 is 1.89 bits per heavy atom. The van der Waals surface area contributed by atoms with E-state index in [1.165, 1.54) is 30.7 Å². The molecule has 6 rings (SSSR count). The number of nitrogen functional groups attached to an aromatic ring is 2. The number of nitrogens with zero attached hydrogens (tertiary/aromatic N) is 7. The van der Waals surface area contributed by atoms with E-state index in [9.17, 15) is 19.9 Å². The van der Waals surface area contributed by atoms with Crippen molar-refractivity contribution in [2.24, 2.45) is 0 Å². The van der Waals surface area contributed by atoms with Crippen LogP contribution < -0.4 is 17.0 Å². The van der Waals surface area contributed by atoms with Gasteiger partial charge in [-0.15, -0.1) is 0 Å². The van der Waals surface area contributed by atoms with Crippen molar-refractivity contribution in [3.63, 3.8) is 0 Å². The van der Waals surface area contributed by atoms with Gasteiger partial charge < -0.3 is 45.3 Å². The van der Waals surface area contributed by atoms with E-state index in [2.05, 4.69) is 29.9 Å². The maximum Gasteiger partial charge on any atom is 0.280 e. The first-order valence-corrected chi connectivity index (χ1v) is 16.1. The van der Waals surface area contributed by atoms with Crippen molar-refractivity contribution in [3.8, 4) is 0 Å². The highest BCUT2D eigenvalue weighted by Crippen LogP contribution is 2.58. The minimum atomic E-state index is -4.06. The first-order valence-electron chi connectivity index (χ1n) is 13.3. The second-order valence-electron chi connectivity index (χ2n) is 10.7. The van der Waals surface area contributed by atoms with E-state index in [-0.39, 0.29) is 36.0 Å². The number of anilines is 2. The number of nitrogens with one attached hydrogen (secondary N) is 1. The summed E-state index contributed by atoms with van der Waals surface area (Å²) in [4.78, 5) is 46.5. The molecule has 18 nitrogen and oxygen atoms in total. The molecule has 1 unspecified atom stereocenters. The van der Waals surface area contributed by atoms with Gasteiger partial charge >= 0.3 is 0 Å². The molecule has 0 spiro atoms. The summed E-state index contributed by atoms with van der Waals surface area (Å²) in [6, 6.07) is 0. The number of methoxy groups -OCH3 is 1. The summed E-state index contributed by atoms with van der Waals surface area (Å²) in [6.45, 7) is -3.42. The summed E-state index contributed by atoms with van der Waals surface area (Å²) in [7, 11) is 1.41. The van der Waals surface area contributed by atoms with Crippen LogP contribution >= 0.6 is 6.49 Å². The van der Waals surface area contributed by atoms with Gasteiger partial charge in [0.2, 0.25) is 5.95 Å². The summed E-state index contributed by atoms with van der Waals surface area (Å²) >= 11 is 5.44. The Labute approximate surface area is 252 Å². The molecule has 0 amide bonds. The lowest BCUT2D eigenvalue weighted by atomic mass is 9.94. The number of H-pyrrole nitrogens is 1. The predicted molar refractivity (Wildman–Crippen MR) is 154 cm³/mol. The molecule has 44 heavy (non-hydrogen) atoms. The smallest absolute Gasteiger partial charge is 0.280 e. The minimum Gasteiger partial charge on any atom is -0.394 e. The van der Waals surface area contributed by atoms with Gasteiger partial charge in [-0.3, -0.25) is 18.9 Å². The van der Waals surface area contributed by atoms with E-state index in [0.717, 1.165) is 0 Å². The van der Waals surface area contributed by atoms with E-state index in [4.69, 9.17) is 42.0 Å². The second kappa shape index (κ2) is 11.3. The number of ether oxygens (including phenoxy) is 3. The molecule has 21 heteroatoms. The fourth-order valence-electron chi connectivity index (χ4n) is 5.66. The molecule has 2 aliphatic rings. The number of hydrogen-bond acceptors (Lipinski definition) is 15. The molecule has 6 heterocycles. The van der Waals surface area contributed by atoms with E-state index < -0.39 is 66.9 Å². The van der Waals surface area contributed by atoms with Crippen LogP contribution in [-0.4, -0.2) is 110 Å². The summed E-state index contributed by atoms with van der Waals surface area (Å²) in [5.74, 6) is -0.0470. The Morgan fingerprint density at radius 1 is 1.18 bits per heavy atom. The minimum absolute atomic E-state index is 0.00662. The number of alkyl halides is 1. The molecule has 0 saturated carbocycles. The van der Waals surface area contributed by atoms with Crippen molar-refractivity contribution in [2.75, 3.05) is 31.8 Å². The van der Waals surface area contributed by atoms with Crippen molar-refractivity contribution in [1.82, 2.24) is 39.0 Å². The largest absolute Gasteiger partial charge is 0.394 e. The standard InChI is InChI=1S/C23H30FN10O8PS/c1-23(15(36)13(39-2)20(42-23)33-7-29-11-16(25)27-6-28-17(11)33)3-4-40-43(38,44)14-10(24)9(5-35)41-21(14)34-8-30-12-18(34)31-22(26)32-19(12)37/h6-10,13-15,20-21,35-36H,3-5H2,1-2H3,(H,38,44)(H2,25,27,28)(H3,26,31,32,37)/t9-,10+,13-,14-,15+,20-,21-,23-,43?/m1/s1. The molecule has 9 atom stereocenters. The van der Waals surface area contributed by atoms with Crippen molar-refractivity contribution < 1.29 is 38.2 Å². The normalized spacial score (nSPS) is 32.1.